The van der Waals surface area contributed by atoms with Gasteiger partial charge >= 0.3 is 0 Å². The van der Waals surface area contributed by atoms with Crippen molar-refractivity contribution in [2.75, 3.05) is 0 Å². The summed E-state index contributed by atoms with van der Waals surface area (Å²) < 4.78 is 2.15. The molecule has 0 aliphatic heterocycles. The molecule has 0 spiro atoms. The van der Waals surface area contributed by atoms with Crippen LogP contribution in [0.15, 0.2) is 42.9 Å². The van der Waals surface area contributed by atoms with Crippen molar-refractivity contribution in [2.24, 2.45) is 5.73 Å². The Hall–Kier alpha value is -1.61. The second kappa shape index (κ2) is 4.94. The maximum atomic E-state index is 6.31. The predicted octanol–water partition coefficient (Wildman–Crippen LogP) is 2.88. The fourth-order valence-electron chi connectivity index (χ4n) is 2.11. The van der Waals surface area contributed by atoms with E-state index in [9.17, 15) is 0 Å². The zero-order chi connectivity index (χ0) is 13.2. The summed E-state index contributed by atoms with van der Waals surface area (Å²) in [6.07, 6.45) is 4.57. The van der Waals surface area contributed by atoms with Crippen molar-refractivity contribution in [3.63, 3.8) is 0 Å². The first kappa shape index (κ1) is 12.8. The molecule has 0 aliphatic rings. The minimum atomic E-state index is -0.0193. The number of benzene rings is 1. The van der Waals surface area contributed by atoms with Gasteiger partial charge in [0, 0.05) is 11.7 Å². The molecular weight excluding hydrogens is 222 g/mol. The first-order chi connectivity index (χ1) is 8.48. The van der Waals surface area contributed by atoms with E-state index in [-0.39, 0.29) is 11.6 Å². The number of imidazole rings is 1. The fraction of sp³-hybridized carbons (Fsp3) is 0.400. The Morgan fingerprint density at radius 3 is 2.50 bits per heavy atom. The van der Waals surface area contributed by atoms with E-state index in [2.05, 4.69) is 42.5 Å². The maximum Gasteiger partial charge on any atom is 0.0953 e. The van der Waals surface area contributed by atoms with E-state index in [0.717, 1.165) is 12.1 Å². The third-order valence-electron chi connectivity index (χ3n) is 3.07. The van der Waals surface area contributed by atoms with E-state index < -0.39 is 0 Å². The highest BCUT2D eigenvalue weighted by molar-refractivity contribution is 5.19. The van der Waals surface area contributed by atoms with Gasteiger partial charge in [-0.25, -0.2) is 4.98 Å². The van der Waals surface area contributed by atoms with Crippen LogP contribution in [0.1, 0.15) is 38.1 Å². The maximum absolute atomic E-state index is 6.31. The average Bonchev–Trinajstić information content (AvgIpc) is 2.79. The minimum absolute atomic E-state index is 0.0140. The van der Waals surface area contributed by atoms with Gasteiger partial charge in [0.15, 0.2) is 0 Å². The summed E-state index contributed by atoms with van der Waals surface area (Å²) in [7, 11) is 0. The lowest BCUT2D eigenvalue weighted by molar-refractivity contribution is 0.375. The molecule has 2 aromatic rings. The number of aromatic nitrogens is 2. The highest BCUT2D eigenvalue weighted by Crippen LogP contribution is 2.22. The van der Waals surface area contributed by atoms with Crippen LogP contribution < -0.4 is 5.73 Å². The summed E-state index contributed by atoms with van der Waals surface area (Å²) in [6.45, 7) is 6.48. The van der Waals surface area contributed by atoms with Gasteiger partial charge in [0.25, 0.3) is 0 Å². The van der Waals surface area contributed by atoms with Gasteiger partial charge in [0.2, 0.25) is 0 Å². The molecule has 1 heterocycles. The summed E-state index contributed by atoms with van der Waals surface area (Å²) >= 11 is 0. The normalized spacial score (nSPS) is 13.6. The van der Waals surface area contributed by atoms with Gasteiger partial charge in [0.1, 0.15) is 0 Å². The summed E-state index contributed by atoms with van der Waals surface area (Å²) in [6, 6.07) is 10.3. The van der Waals surface area contributed by atoms with Gasteiger partial charge in [-0.05, 0) is 32.8 Å². The monoisotopic (exact) mass is 243 g/mol. The first-order valence-corrected chi connectivity index (χ1v) is 6.30. The zero-order valence-electron chi connectivity index (χ0n) is 11.3. The molecule has 0 unspecified atom stereocenters. The Bertz CT molecular complexity index is 494. The van der Waals surface area contributed by atoms with Gasteiger partial charge in [-0.15, -0.1) is 0 Å². The Balaban J connectivity index is 2.20. The average molecular weight is 243 g/mol. The number of hydrogen-bond acceptors (Lipinski definition) is 2. The second-order valence-electron chi connectivity index (χ2n) is 5.66. The molecule has 18 heavy (non-hydrogen) atoms. The van der Waals surface area contributed by atoms with E-state index in [1.165, 1.54) is 5.56 Å². The van der Waals surface area contributed by atoms with Crippen LogP contribution in [0.4, 0.5) is 0 Å². The van der Waals surface area contributed by atoms with Crippen molar-refractivity contribution in [2.45, 2.75) is 38.8 Å². The van der Waals surface area contributed by atoms with Crippen molar-refractivity contribution in [3.8, 4) is 0 Å². The third kappa shape index (κ3) is 2.79. The van der Waals surface area contributed by atoms with Crippen LogP contribution in [0.25, 0.3) is 0 Å². The largest absolute Gasteiger partial charge is 0.328 e. The van der Waals surface area contributed by atoms with Crippen molar-refractivity contribution in [1.29, 1.82) is 0 Å². The molecule has 2 rings (SSSR count). The Labute approximate surface area is 109 Å². The van der Waals surface area contributed by atoms with Crippen molar-refractivity contribution in [3.05, 3.63) is 54.1 Å². The molecule has 0 radical (unpaired) electrons. The molecule has 96 valence electrons. The van der Waals surface area contributed by atoms with E-state index in [4.69, 9.17) is 5.73 Å². The van der Waals surface area contributed by atoms with Gasteiger partial charge in [-0.3, -0.25) is 0 Å². The molecular formula is C15H21N3. The van der Waals surface area contributed by atoms with Crippen LogP contribution >= 0.6 is 0 Å². The molecule has 0 amide bonds. The summed E-state index contributed by atoms with van der Waals surface area (Å²) in [4.78, 5) is 4.23. The molecule has 0 fully saturated rings. The lowest BCUT2D eigenvalue weighted by Crippen LogP contribution is -2.27. The third-order valence-corrected chi connectivity index (χ3v) is 3.07. The molecule has 0 saturated carbocycles. The number of hydrogen-bond donors (Lipinski definition) is 1. The lowest BCUT2D eigenvalue weighted by atomic mass is 10.0. The van der Waals surface area contributed by atoms with Crippen LogP contribution in [0.5, 0.6) is 0 Å². The summed E-state index contributed by atoms with van der Waals surface area (Å²) in [5, 5.41) is 0. The van der Waals surface area contributed by atoms with Crippen molar-refractivity contribution >= 4 is 0 Å². The molecule has 3 heteroatoms. The minimum Gasteiger partial charge on any atom is -0.328 e. The highest BCUT2D eigenvalue weighted by atomic mass is 15.1. The molecule has 0 aliphatic carbocycles. The van der Waals surface area contributed by atoms with Gasteiger partial charge in [-0.1, -0.05) is 30.3 Å². The second-order valence-corrected chi connectivity index (χ2v) is 5.66. The molecule has 1 atom stereocenters. The number of nitrogens with zero attached hydrogens (tertiary/aromatic N) is 2. The molecule has 1 aromatic heterocycles. The Morgan fingerprint density at radius 2 is 1.89 bits per heavy atom. The zero-order valence-corrected chi connectivity index (χ0v) is 11.3. The van der Waals surface area contributed by atoms with Crippen LogP contribution in [0.3, 0.4) is 0 Å². The highest BCUT2D eigenvalue weighted by Gasteiger charge is 2.20. The SMILES string of the molecule is CC(C)(C)n1cncc1[C@H](N)Cc1ccccc1. The smallest absolute Gasteiger partial charge is 0.0953 e. The fourth-order valence-corrected chi connectivity index (χ4v) is 2.11. The molecule has 2 N–H and O–H groups in total. The summed E-state index contributed by atoms with van der Waals surface area (Å²) in [5.74, 6) is 0. The van der Waals surface area contributed by atoms with E-state index >= 15 is 0 Å². The van der Waals surface area contributed by atoms with Gasteiger partial charge < -0.3 is 10.3 Å². The Kier molecular flexibility index (Phi) is 3.53. The van der Waals surface area contributed by atoms with Crippen LogP contribution in [0.2, 0.25) is 0 Å². The molecule has 3 nitrogen and oxygen atoms in total. The van der Waals surface area contributed by atoms with Gasteiger partial charge in [0.05, 0.1) is 18.1 Å². The quantitative estimate of drug-likeness (QED) is 0.900. The van der Waals surface area contributed by atoms with E-state index in [1.807, 2.05) is 30.7 Å². The number of nitrogens with two attached hydrogens (primary N) is 1. The topological polar surface area (TPSA) is 43.8 Å². The predicted molar refractivity (Wildman–Crippen MR) is 74.3 cm³/mol. The van der Waals surface area contributed by atoms with Gasteiger partial charge in [-0.2, -0.15) is 0 Å². The number of rotatable bonds is 3. The Morgan fingerprint density at radius 1 is 1.22 bits per heavy atom. The molecule has 0 saturated heterocycles. The van der Waals surface area contributed by atoms with Crippen LogP contribution in [-0.2, 0) is 12.0 Å². The lowest BCUT2D eigenvalue weighted by Gasteiger charge is -2.26. The molecule has 0 bridgehead atoms. The molecule has 1 aromatic carbocycles. The van der Waals surface area contributed by atoms with E-state index in [0.29, 0.717) is 0 Å². The summed E-state index contributed by atoms with van der Waals surface area (Å²) in [5.41, 5.74) is 8.67. The van der Waals surface area contributed by atoms with Crippen molar-refractivity contribution in [1.82, 2.24) is 9.55 Å². The standard InChI is InChI=1S/C15H21N3/c1-15(2,3)18-11-17-10-14(18)13(16)9-12-7-5-4-6-8-12/h4-8,10-11,13H,9,16H2,1-3H3/t13-/m1/s1. The van der Waals surface area contributed by atoms with Crippen LogP contribution in [0, 0.1) is 0 Å². The van der Waals surface area contributed by atoms with Crippen LogP contribution in [-0.4, -0.2) is 9.55 Å². The van der Waals surface area contributed by atoms with E-state index in [1.54, 1.807) is 0 Å². The van der Waals surface area contributed by atoms with Crippen molar-refractivity contribution < 1.29 is 0 Å². The first-order valence-electron chi connectivity index (χ1n) is 6.30.